The van der Waals surface area contributed by atoms with Crippen LogP contribution in [0, 0.1) is 0 Å². The maximum atomic E-state index is 12.6. The van der Waals surface area contributed by atoms with Gasteiger partial charge in [-0.15, -0.1) is 0 Å². The summed E-state index contributed by atoms with van der Waals surface area (Å²) in [6, 6.07) is 23.5. The summed E-state index contributed by atoms with van der Waals surface area (Å²) < 4.78 is 33.0. The van der Waals surface area contributed by atoms with Crippen molar-refractivity contribution in [3.05, 3.63) is 107 Å². The van der Waals surface area contributed by atoms with E-state index in [0.29, 0.717) is 30.2 Å². The molecule has 0 bridgehead atoms. The zero-order valence-corrected chi connectivity index (χ0v) is 21.7. The lowest BCUT2D eigenvalue weighted by Crippen LogP contribution is -2.23. The van der Waals surface area contributed by atoms with Crippen LogP contribution < -0.4 is 10.0 Å². The molecule has 0 unspecified atom stereocenters. The van der Waals surface area contributed by atoms with Crippen molar-refractivity contribution in [1.82, 2.24) is 14.9 Å². The summed E-state index contributed by atoms with van der Waals surface area (Å²) >= 11 is 0. The van der Waals surface area contributed by atoms with Crippen LogP contribution in [-0.4, -0.2) is 24.5 Å². The number of nitrogens with one attached hydrogen (secondary N) is 2. The average molecular weight is 519 g/mol. The number of anilines is 1. The molecular formula is C28H30N4O4S. The van der Waals surface area contributed by atoms with Gasteiger partial charge in [-0.25, -0.2) is 13.1 Å². The van der Waals surface area contributed by atoms with Gasteiger partial charge < -0.3 is 9.84 Å². The van der Waals surface area contributed by atoms with Crippen molar-refractivity contribution in [2.45, 2.75) is 50.5 Å². The Balaban J connectivity index is 1.24. The second kappa shape index (κ2) is 11.9. The molecule has 0 atom stereocenters. The standard InChI is InChI=1S/C28H30N4O4S/c1-20(2)28-31-26(32-36-28)18-22-8-13-24(14-9-22)30-27(33)17-12-21-10-15-25(16-11-21)37(34,35)29-19-23-6-4-3-5-7-23/h3-11,13-16,20,29H,12,17-19H2,1-2H3,(H,30,33). The minimum atomic E-state index is -3.62. The molecule has 0 fully saturated rings. The Kier molecular flexibility index (Phi) is 8.47. The number of benzene rings is 3. The molecule has 3 aromatic carbocycles. The van der Waals surface area contributed by atoms with Crippen LogP contribution >= 0.6 is 0 Å². The number of hydrogen-bond acceptors (Lipinski definition) is 6. The summed E-state index contributed by atoms with van der Waals surface area (Å²) in [5.41, 5.74) is 3.49. The highest BCUT2D eigenvalue weighted by molar-refractivity contribution is 7.89. The molecule has 1 heterocycles. The Bertz CT molecular complexity index is 1420. The third kappa shape index (κ3) is 7.58. The molecule has 0 aliphatic carbocycles. The Labute approximate surface area is 217 Å². The molecular weight excluding hydrogens is 488 g/mol. The monoisotopic (exact) mass is 518 g/mol. The zero-order chi connectivity index (χ0) is 26.3. The normalized spacial score (nSPS) is 11.5. The zero-order valence-electron chi connectivity index (χ0n) is 20.8. The summed E-state index contributed by atoms with van der Waals surface area (Å²) in [5, 5.41) is 6.90. The van der Waals surface area contributed by atoms with Gasteiger partial charge >= 0.3 is 0 Å². The lowest BCUT2D eigenvalue weighted by atomic mass is 10.1. The van der Waals surface area contributed by atoms with Crippen LogP contribution in [0.4, 0.5) is 5.69 Å². The van der Waals surface area contributed by atoms with Gasteiger partial charge in [0, 0.05) is 31.0 Å². The predicted octanol–water partition coefficient (Wildman–Crippen LogP) is 4.83. The van der Waals surface area contributed by atoms with Crippen molar-refractivity contribution in [3.63, 3.8) is 0 Å². The van der Waals surface area contributed by atoms with Gasteiger partial charge in [-0.2, -0.15) is 4.98 Å². The van der Waals surface area contributed by atoms with E-state index in [1.54, 1.807) is 24.3 Å². The van der Waals surface area contributed by atoms with E-state index in [2.05, 4.69) is 20.2 Å². The number of carbonyl (C=O) groups excluding carboxylic acids is 1. The number of amides is 1. The fourth-order valence-corrected chi connectivity index (χ4v) is 4.65. The molecule has 0 radical (unpaired) electrons. The van der Waals surface area contributed by atoms with E-state index in [9.17, 15) is 13.2 Å². The van der Waals surface area contributed by atoms with Gasteiger partial charge in [-0.1, -0.05) is 73.6 Å². The molecule has 1 amide bonds. The highest BCUT2D eigenvalue weighted by Gasteiger charge is 2.14. The maximum absolute atomic E-state index is 12.6. The van der Waals surface area contributed by atoms with Crippen LogP contribution in [0.25, 0.3) is 0 Å². The molecule has 0 saturated carbocycles. The lowest BCUT2D eigenvalue weighted by Gasteiger charge is -2.09. The number of carbonyl (C=O) groups is 1. The van der Waals surface area contributed by atoms with Gasteiger partial charge in [0.25, 0.3) is 0 Å². The van der Waals surface area contributed by atoms with Crippen molar-refractivity contribution in [2.75, 3.05) is 5.32 Å². The van der Waals surface area contributed by atoms with Crippen LogP contribution in [0.3, 0.4) is 0 Å². The third-order valence-electron chi connectivity index (χ3n) is 5.76. The SMILES string of the molecule is CC(C)c1nc(Cc2ccc(NC(=O)CCc3ccc(S(=O)(=O)NCc4ccccc4)cc3)cc2)no1. The summed E-state index contributed by atoms with van der Waals surface area (Å²) in [6.45, 7) is 4.22. The van der Waals surface area contributed by atoms with Gasteiger partial charge in [0.1, 0.15) is 0 Å². The fraction of sp³-hybridized carbons (Fsp3) is 0.250. The van der Waals surface area contributed by atoms with E-state index < -0.39 is 10.0 Å². The van der Waals surface area contributed by atoms with E-state index in [4.69, 9.17) is 4.52 Å². The molecule has 1 aromatic heterocycles. The number of nitrogens with zero attached hydrogens (tertiary/aromatic N) is 2. The molecule has 0 saturated heterocycles. The number of sulfonamides is 1. The van der Waals surface area contributed by atoms with Crippen LogP contribution in [0.1, 0.15) is 54.6 Å². The highest BCUT2D eigenvalue weighted by atomic mass is 32.2. The highest BCUT2D eigenvalue weighted by Crippen LogP contribution is 2.17. The first-order valence-electron chi connectivity index (χ1n) is 12.1. The van der Waals surface area contributed by atoms with Crippen LogP contribution in [-0.2, 0) is 34.2 Å². The lowest BCUT2D eigenvalue weighted by molar-refractivity contribution is -0.116. The number of aromatic nitrogens is 2. The van der Waals surface area contributed by atoms with Crippen molar-refractivity contribution in [1.29, 1.82) is 0 Å². The number of rotatable bonds is 11. The van der Waals surface area contributed by atoms with Gasteiger partial charge in [0.05, 0.1) is 4.90 Å². The van der Waals surface area contributed by atoms with Gasteiger partial charge in [-0.05, 0) is 47.4 Å². The smallest absolute Gasteiger partial charge is 0.240 e. The maximum Gasteiger partial charge on any atom is 0.240 e. The molecule has 2 N–H and O–H groups in total. The van der Waals surface area contributed by atoms with Crippen LogP contribution in [0.15, 0.2) is 88.3 Å². The molecule has 37 heavy (non-hydrogen) atoms. The molecule has 0 aliphatic rings. The van der Waals surface area contributed by atoms with E-state index in [0.717, 1.165) is 16.7 Å². The topological polar surface area (TPSA) is 114 Å². The van der Waals surface area contributed by atoms with Crippen molar-refractivity contribution in [3.8, 4) is 0 Å². The van der Waals surface area contributed by atoms with Crippen molar-refractivity contribution < 1.29 is 17.7 Å². The van der Waals surface area contributed by atoms with E-state index in [1.165, 1.54) is 0 Å². The summed E-state index contributed by atoms with van der Waals surface area (Å²) in [7, 11) is -3.62. The first-order valence-corrected chi connectivity index (χ1v) is 13.6. The molecule has 8 nitrogen and oxygen atoms in total. The Morgan fingerprint density at radius 1 is 0.892 bits per heavy atom. The van der Waals surface area contributed by atoms with Gasteiger partial charge in [0.2, 0.25) is 21.8 Å². The van der Waals surface area contributed by atoms with E-state index in [-0.39, 0.29) is 29.7 Å². The third-order valence-corrected chi connectivity index (χ3v) is 7.18. The van der Waals surface area contributed by atoms with Crippen molar-refractivity contribution in [2.24, 2.45) is 0 Å². The Hall–Kier alpha value is -3.82. The fourth-order valence-electron chi connectivity index (χ4n) is 3.64. The average Bonchev–Trinajstić information content (AvgIpc) is 3.37. The van der Waals surface area contributed by atoms with Gasteiger partial charge in [-0.3, -0.25) is 4.79 Å². The second-order valence-electron chi connectivity index (χ2n) is 9.08. The number of aryl methyl sites for hydroxylation is 1. The molecule has 192 valence electrons. The first kappa shape index (κ1) is 26.2. The Morgan fingerprint density at radius 2 is 1.57 bits per heavy atom. The Morgan fingerprint density at radius 3 is 2.22 bits per heavy atom. The largest absolute Gasteiger partial charge is 0.339 e. The predicted molar refractivity (Wildman–Crippen MR) is 141 cm³/mol. The summed E-state index contributed by atoms with van der Waals surface area (Å²) in [5.74, 6) is 1.32. The molecule has 0 aliphatic heterocycles. The summed E-state index contributed by atoms with van der Waals surface area (Å²) in [6.07, 6.45) is 1.33. The molecule has 9 heteroatoms. The van der Waals surface area contributed by atoms with E-state index in [1.807, 2.05) is 68.4 Å². The first-order chi connectivity index (χ1) is 17.8. The van der Waals surface area contributed by atoms with Crippen molar-refractivity contribution >= 4 is 21.6 Å². The minimum Gasteiger partial charge on any atom is -0.339 e. The molecule has 0 spiro atoms. The van der Waals surface area contributed by atoms with Crippen LogP contribution in [0.5, 0.6) is 0 Å². The molecule has 4 rings (SSSR count). The second-order valence-corrected chi connectivity index (χ2v) is 10.8. The van der Waals surface area contributed by atoms with Crippen LogP contribution in [0.2, 0.25) is 0 Å². The van der Waals surface area contributed by atoms with Gasteiger partial charge in [0.15, 0.2) is 5.82 Å². The van der Waals surface area contributed by atoms with E-state index >= 15 is 0 Å². The quantitative estimate of drug-likeness (QED) is 0.294. The minimum absolute atomic E-state index is 0.117. The molecule has 4 aromatic rings. The summed E-state index contributed by atoms with van der Waals surface area (Å²) in [4.78, 5) is 17.0. The number of hydrogen-bond donors (Lipinski definition) is 2.